The van der Waals surface area contributed by atoms with Crippen LogP contribution in [0.1, 0.15) is 50.0 Å². The largest absolute Gasteiger partial charge is 0.464 e. The molecule has 1 aromatic heterocycles. The van der Waals surface area contributed by atoms with Gasteiger partial charge in [0.15, 0.2) is 0 Å². The number of esters is 1. The van der Waals surface area contributed by atoms with E-state index in [-0.39, 0.29) is 5.69 Å². The van der Waals surface area contributed by atoms with E-state index >= 15 is 0 Å². The summed E-state index contributed by atoms with van der Waals surface area (Å²) in [4.78, 5) is 15.4. The second kappa shape index (κ2) is 6.02. The fourth-order valence-corrected chi connectivity index (χ4v) is 2.59. The Labute approximate surface area is 125 Å². The predicted octanol–water partition coefficient (Wildman–Crippen LogP) is 2.61. The number of aromatic nitrogens is 1. The average molecular weight is 292 g/mol. The second-order valence-corrected chi connectivity index (χ2v) is 6.66. The number of methoxy groups -OCH3 is 1. The summed E-state index contributed by atoms with van der Waals surface area (Å²) in [5.74, 6) is -0.461. The first-order chi connectivity index (χ1) is 9.84. The summed E-state index contributed by atoms with van der Waals surface area (Å²) in [6, 6.07) is 3.42. The lowest BCUT2D eigenvalue weighted by Crippen LogP contribution is -2.42. The van der Waals surface area contributed by atoms with Gasteiger partial charge in [0.25, 0.3) is 0 Å². The monoisotopic (exact) mass is 292 g/mol. The minimum Gasteiger partial charge on any atom is -0.464 e. The molecule has 0 atom stereocenters. The lowest BCUT2D eigenvalue weighted by molar-refractivity contribution is -0.0145. The molecule has 2 rings (SSSR count). The molecule has 0 amide bonds. The lowest BCUT2D eigenvalue weighted by atomic mass is 9.71. The minimum atomic E-state index is -0.676. The molecule has 5 heteroatoms. The molecule has 1 aliphatic carbocycles. The Bertz CT molecular complexity index is 504. The van der Waals surface area contributed by atoms with Crippen LogP contribution in [0.5, 0.6) is 0 Å². The van der Waals surface area contributed by atoms with E-state index in [1.807, 2.05) is 0 Å². The Hall–Kier alpha value is -1.62. The maximum Gasteiger partial charge on any atom is 0.356 e. The van der Waals surface area contributed by atoms with Gasteiger partial charge in [-0.25, -0.2) is 9.78 Å². The van der Waals surface area contributed by atoms with Crippen LogP contribution in [0.2, 0.25) is 0 Å². The van der Waals surface area contributed by atoms with Crippen molar-refractivity contribution >= 4 is 11.7 Å². The van der Waals surface area contributed by atoms with Gasteiger partial charge in [-0.05, 0) is 43.2 Å². The molecular weight excluding hydrogens is 268 g/mol. The van der Waals surface area contributed by atoms with Crippen molar-refractivity contribution in [3.8, 4) is 0 Å². The van der Waals surface area contributed by atoms with Crippen LogP contribution in [0.25, 0.3) is 0 Å². The lowest BCUT2D eigenvalue weighted by Gasteiger charge is -2.40. The van der Waals surface area contributed by atoms with E-state index in [0.29, 0.717) is 12.0 Å². The summed E-state index contributed by atoms with van der Waals surface area (Å²) in [5, 5.41) is 13.8. The van der Waals surface area contributed by atoms with Crippen LogP contribution < -0.4 is 5.32 Å². The van der Waals surface area contributed by atoms with E-state index in [1.165, 1.54) is 7.11 Å². The van der Waals surface area contributed by atoms with E-state index in [1.54, 1.807) is 18.3 Å². The molecule has 0 radical (unpaired) electrons. The smallest absolute Gasteiger partial charge is 0.356 e. The van der Waals surface area contributed by atoms with Gasteiger partial charge in [0.1, 0.15) is 5.69 Å². The zero-order valence-electron chi connectivity index (χ0n) is 13.0. The molecule has 0 aromatic carbocycles. The van der Waals surface area contributed by atoms with E-state index in [0.717, 1.165) is 31.4 Å². The van der Waals surface area contributed by atoms with E-state index in [2.05, 4.69) is 28.9 Å². The van der Waals surface area contributed by atoms with Crippen molar-refractivity contribution in [3.63, 3.8) is 0 Å². The summed E-state index contributed by atoms with van der Waals surface area (Å²) in [6.45, 7) is 4.96. The molecule has 116 valence electrons. The molecule has 1 aliphatic rings. The minimum absolute atomic E-state index is 0.263. The second-order valence-electron chi connectivity index (χ2n) is 6.66. The van der Waals surface area contributed by atoms with Crippen molar-refractivity contribution in [2.24, 2.45) is 5.41 Å². The van der Waals surface area contributed by atoms with Crippen LogP contribution in [0.15, 0.2) is 18.3 Å². The molecule has 0 aliphatic heterocycles. The molecule has 0 spiro atoms. The third-order valence-corrected chi connectivity index (χ3v) is 4.31. The quantitative estimate of drug-likeness (QED) is 0.835. The molecule has 1 fully saturated rings. The highest BCUT2D eigenvalue weighted by Gasteiger charge is 2.36. The number of nitrogens with zero attached hydrogens (tertiary/aromatic N) is 1. The number of nitrogens with one attached hydrogen (secondary N) is 1. The van der Waals surface area contributed by atoms with E-state index in [4.69, 9.17) is 0 Å². The van der Waals surface area contributed by atoms with Crippen molar-refractivity contribution in [3.05, 3.63) is 24.0 Å². The van der Waals surface area contributed by atoms with E-state index < -0.39 is 11.6 Å². The van der Waals surface area contributed by atoms with Gasteiger partial charge in [-0.15, -0.1) is 0 Å². The number of ether oxygens (including phenoxy) is 1. The molecule has 0 saturated heterocycles. The van der Waals surface area contributed by atoms with Crippen LogP contribution >= 0.6 is 0 Å². The van der Waals surface area contributed by atoms with Crippen molar-refractivity contribution in [2.75, 3.05) is 19.0 Å². The van der Waals surface area contributed by atoms with Crippen LogP contribution in [-0.4, -0.2) is 35.3 Å². The summed E-state index contributed by atoms with van der Waals surface area (Å²) in [6.07, 6.45) is 5.19. The molecule has 2 N–H and O–H groups in total. The van der Waals surface area contributed by atoms with Gasteiger partial charge < -0.3 is 15.2 Å². The van der Waals surface area contributed by atoms with E-state index in [9.17, 15) is 9.90 Å². The van der Waals surface area contributed by atoms with Gasteiger partial charge in [-0.3, -0.25) is 0 Å². The molecule has 1 heterocycles. The highest BCUT2D eigenvalue weighted by atomic mass is 16.5. The van der Waals surface area contributed by atoms with Crippen LogP contribution in [0.3, 0.4) is 0 Å². The number of pyridine rings is 1. The molecular formula is C16H24N2O3. The first-order valence-electron chi connectivity index (χ1n) is 7.34. The maximum atomic E-state index is 11.4. The summed E-state index contributed by atoms with van der Waals surface area (Å²) in [7, 11) is 1.33. The van der Waals surface area contributed by atoms with Gasteiger partial charge in [0.2, 0.25) is 0 Å². The Kier molecular flexibility index (Phi) is 4.52. The fourth-order valence-electron chi connectivity index (χ4n) is 2.59. The standard InChI is InChI=1S/C16H24N2O3/c1-15(2)5-7-16(20,8-6-15)11-18-12-4-9-17-13(10-12)14(19)21-3/h4,9-10,20H,5-8,11H2,1-3H3,(H,17,18). The first-order valence-corrected chi connectivity index (χ1v) is 7.34. The van der Waals surface area contributed by atoms with Gasteiger partial charge in [0.05, 0.1) is 12.7 Å². The highest BCUT2D eigenvalue weighted by molar-refractivity contribution is 5.88. The van der Waals surface area contributed by atoms with Gasteiger partial charge in [-0.2, -0.15) is 0 Å². The summed E-state index contributed by atoms with van der Waals surface area (Å²) < 4.78 is 4.65. The number of anilines is 1. The van der Waals surface area contributed by atoms with Crippen LogP contribution in [-0.2, 0) is 4.74 Å². The number of hydrogen-bond acceptors (Lipinski definition) is 5. The Morgan fingerprint density at radius 3 is 2.67 bits per heavy atom. The number of aliphatic hydroxyl groups is 1. The predicted molar refractivity (Wildman–Crippen MR) is 81.3 cm³/mol. The van der Waals surface area contributed by atoms with Gasteiger partial charge in [0, 0.05) is 18.4 Å². The normalized spacial score (nSPS) is 19.8. The molecule has 1 aromatic rings. The molecule has 0 unspecified atom stereocenters. The summed E-state index contributed by atoms with van der Waals surface area (Å²) >= 11 is 0. The van der Waals surface area contributed by atoms with Crippen LogP contribution in [0.4, 0.5) is 5.69 Å². The molecule has 21 heavy (non-hydrogen) atoms. The van der Waals surface area contributed by atoms with Crippen molar-refractivity contribution in [1.29, 1.82) is 0 Å². The fraction of sp³-hybridized carbons (Fsp3) is 0.625. The van der Waals surface area contributed by atoms with Crippen molar-refractivity contribution < 1.29 is 14.6 Å². The zero-order valence-corrected chi connectivity index (χ0v) is 13.0. The first kappa shape index (κ1) is 15.8. The van der Waals surface area contributed by atoms with Gasteiger partial charge in [-0.1, -0.05) is 13.8 Å². The maximum absolute atomic E-state index is 11.4. The summed E-state index contributed by atoms with van der Waals surface area (Å²) in [5.41, 5.74) is 0.675. The SMILES string of the molecule is COC(=O)c1cc(NCC2(O)CCC(C)(C)CC2)ccn1. The number of hydrogen-bond donors (Lipinski definition) is 2. The highest BCUT2D eigenvalue weighted by Crippen LogP contribution is 2.40. The Morgan fingerprint density at radius 1 is 1.38 bits per heavy atom. The molecule has 5 nitrogen and oxygen atoms in total. The topological polar surface area (TPSA) is 71.5 Å². The van der Waals surface area contributed by atoms with Crippen molar-refractivity contribution in [1.82, 2.24) is 4.98 Å². The average Bonchev–Trinajstić information content (AvgIpc) is 2.48. The number of carbonyl (C=O) groups excluding carboxylic acids is 1. The van der Waals surface area contributed by atoms with Gasteiger partial charge >= 0.3 is 5.97 Å². The Morgan fingerprint density at radius 2 is 2.05 bits per heavy atom. The zero-order chi connectivity index (χ0) is 15.5. The van der Waals surface area contributed by atoms with Crippen molar-refractivity contribution in [2.45, 2.75) is 45.1 Å². The number of rotatable bonds is 4. The third kappa shape index (κ3) is 4.17. The Balaban J connectivity index is 1.95. The third-order valence-electron chi connectivity index (χ3n) is 4.31. The molecule has 0 bridgehead atoms. The number of carbonyl (C=O) groups is 1. The molecule has 1 saturated carbocycles. The van der Waals surface area contributed by atoms with Crippen LogP contribution in [0, 0.1) is 5.41 Å².